The molecule has 0 atom stereocenters. The van der Waals surface area contributed by atoms with Crippen LogP contribution in [0, 0.1) is 0 Å². The van der Waals surface area contributed by atoms with E-state index in [9.17, 15) is 9.59 Å². The average molecular weight is 540 g/mol. The van der Waals surface area contributed by atoms with Gasteiger partial charge in [0.15, 0.2) is 0 Å². The fraction of sp³-hybridized carbons (Fsp3) is 0.267. The van der Waals surface area contributed by atoms with Gasteiger partial charge in [-0.2, -0.15) is 5.10 Å². The van der Waals surface area contributed by atoms with E-state index in [0.717, 1.165) is 30.8 Å². The Labute approximate surface area is 233 Å². The van der Waals surface area contributed by atoms with E-state index in [1.165, 1.54) is 18.1 Å². The van der Waals surface area contributed by atoms with Crippen molar-refractivity contribution >= 4 is 29.1 Å². The van der Waals surface area contributed by atoms with Gasteiger partial charge in [-0.25, -0.2) is 9.78 Å². The number of hydrogen-bond donors (Lipinski definition) is 3. The van der Waals surface area contributed by atoms with Crippen LogP contribution in [0.15, 0.2) is 67.0 Å². The molecule has 3 amide bonds. The molecule has 0 spiro atoms. The fourth-order valence-electron chi connectivity index (χ4n) is 4.56. The molecular weight excluding hydrogens is 506 g/mol. The molecule has 40 heavy (non-hydrogen) atoms. The Kier molecular flexibility index (Phi) is 7.79. The molecule has 1 aliphatic heterocycles. The number of amides is 3. The van der Waals surface area contributed by atoms with Gasteiger partial charge in [-0.15, -0.1) is 0 Å². The van der Waals surface area contributed by atoms with Gasteiger partial charge in [0.1, 0.15) is 23.0 Å². The lowest BCUT2D eigenvalue weighted by atomic mass is 9.96. The first-order chi connectivity index (χ1) is 19.2. The monoisotopic (exact) mass is 539 g/mol. The second-order valence-corrected chi connectivity index (χ2v) is 10.2. The number of pyridine rings is 1. The molecule has 10 heteroatoms. The van der Waals surface area contributed by atoms with Crippen LogP contribution >= 0.6 is 0 Å². The lowest BCUT2D eigenvalue weighted by molar-refractivity contribution is -0.114. The Balaban J connectivity index is 1.28. The average Bonchev–Trinajstić information content (AvgIpc) is 3.33. The summed E-state index contributed by atoms with van der Waals surface area (Å²) >= 11 is 0. The molecule has 0 saturated carbocycles. The van der Waals surface area contributed by atoms with E-state index in [4.69, 9.17) is 9.84 Å². The van der Waals surface area contributed by atoms with Gasteiger partial charge in [0.2, 0.25) is 5.91 Å². The molecule has 0 bridgehead atoms. The van der Waals surface area contributed by atoms with Crippen LogP contribution < -0.4 is 20.7 Å². The Morgan fingerprint density at radius 1 is 0.950 bits per heavy atom. The van der Waals surface area contributed by atoms with Crippen molar-refractivity contribution in [2.24, 2.45) is 0 Å². The third kappa shape index (κ3) is 6.47. The molecule has 3 N–H and O–H groups in total. The predicted octanol–water partition coefficient (Wildman–Crippen LogP) is 5.91. The molecule has 5 rings (SSSR count). The van der Waals surface area contributed by atoms with Gasteiger partial charge >= 0.3 is 6.03 Å². The van der Waals surface area contributed by atoms with Crippen molar-refractivity contribution in [1.82, 2.24) is 19.7 Å². The summed E-state index contributed by atoms with van der Waals surface area (Å²) in [5.74, 6) is 1.30. The molecule has 0 unspecified atom stereocenters. The van der Waals surface area contributed by atoms with Crippen LogP contribution in [-0.4, -0.2) is 45.2 Å². The van der Waals surface area contributed by atoms with E-state index in [1.54, 1.807) is 42.6 Å². The number of aromatic nitrogens is 3. The SMILES string of the molecule is CC(=O)Nc1cc(Oc2ccc(NC(=O)Nc3cn(C(C)C)nc3-c3ccc4c(c3)CN(C)CC4)cc2)ccn1. The lowest BCUT2D eigenvalue weighted by Crippen LogP contribution is -2.26. The van der Waals surface area contributed by atoms with Crippen LogP contribution in [0.4, 0.5) is 22.0 Å². The topological polar surface area (TPSA) is 113 Å². The standard InChI is InChI=1S/C30H33N7O3/c1-19(2)37-18-27(29(35-37)22-6-5-21-12-14-36(4)17-23(21)15-22)34-30(39)33-24-7-9-25(10-8-24)40-26-11-13-31-28(16-26)32-20(3)38/h5-11,13,15-16,18-19H,12,14,17H2,1-4H3,(H,31,32,38)(H2,33,34,39). The molecule has 206 valence electrons. The number of fused-ring (bicyclic) bond motifs is 1. The first-order valence-electron chi connectivity index (χ1n) is 13.2. The second kappa shape index (κ2) is 11.6. The van der Waals surface area contributed by atoms with Crippen molar-refractivity contribution in [3.8, 4) is 22.8 Å². The van der Waals surface area contributed by atoms with Crippen molar-refractivity contribution in [3.63, 3.8) is 0 Å². The number of anilines is 3. The molecule has 0 aliphatic carbocycles. The molecule has 1 aliphatic rings. The van der Waals surface area contributed by atoms with E-state index >= 15 is 0 Å². The maximum Gasteiger partial charge on any atom is 0.323 e. The minimum Gasteiger partial charge on any atom is -0.457 e. The van der Waals surface area contributed by atoms with Gasteiger partial charge < -0.3 is 25.6 Å². The second-order valence-electron chi connectivity index (χ2n) is 10.2. The van der Waals surface area contributed by atoms with Gasteiger partial charge in [0, 0.05) is 55.8 Å². The van der Waals surface area contributed by atoms with E-state index in [2.05, 4.69) is 64.9 Å². The van der Waals surface area contributed by atoms with E-state index in [-0.39, 0.29) is 18.0 Å². The minimum absolute atomic E-state index is 0.142. The minimum atomic E-state index is -0.370. The van der Waals surface area contributed by atoms with Crippen LogP contribution in [-0.2, 0) is 17.8 Å². The molecular formula is C30H33N7O3. The molecule has 0 radical (unpaired) electrons. The van der Waals surface area contributed by atoms with Crippen molar-refractivity contribution in [1.29, 1.82) is 0 Å². The summed E-state index contributed by atoms with van der Waals surface area (Å²) in [5, 5.41) is 13.3. The Bertz CT molecular complexity index is 1530. The number of ether oxygens (including phenoxy) is 1. The number of rotatable bonds is 7. The highest BCUT2D eigenvalue weighted by molar-refractivity contribution is 6.01. The fourth-order valence-corrected chi connectivity index (χ4v) is 4.56. The third-order valence-corrected chi connectivity index (χ3v) is 6.58. The normalized spacial score (nSPS) is 13.0. The Morgan fingerprint density at radius 2 is 1.75 bits per heavy atom. The van der Waals surface area contributed by atoms with Crippen LogP contribution in [0.25, 0.3) is 11.3 Å². The zero-order valence-electron chi connectivity index (χ0n) is 23.1. The number of hydrogen-bond acceptors (Lipinski definition) is 6. The van der Waals surface area contributed by atoms with Gasteiger partial charge in [-0.3, -0.25) is 9.48 Å². The van der Waals surface area contributed by atoms with Crippen LogP contribution in [0.1, 0.15) is 37.9 Å². The largest absolute Gasteiger partial charge is 0.457 e. The molecule has 2 aromatic heterocycles. The molecule has 2 aromatic carbocycles. The van der Waals surface area contributed by atoms with Gasteiger partial charge in [-0.1, -0.05) is 12.1 Å². The smallest absolute Gasteiger partial charge is 0.323 e. The van der Waals surface area contributed by atoms with E-state index in [0.29, 0.717) is 28.7 Å². The molecule has 4 aromatic rings. The summed E-state index contributed by atoms with van der Waals surface area (Å²) in [6.45, 7) is 7.48. The number of benzene rings is 2. The molecule has 10 nitrogen and oxygen atoms in total. The van der Waals surface area contributed by atoms with E-state index < -0.39 is 0 Å². The maximum atomic E-state index is 13.0. The summed E-state index contributed by atoms with van der Waals surface area (Å²) in [4.78, 5) is 30.6. The number of nitrogens with one attached hydrogen (secondary N) is 3. The zero-order chi connectivity index (χ0) is 28.2. The quantitative estimate of drug-likeness (QED) is 0.269. The Hall–Kier alpha value is -4.70. The highest BCUT2D eigenvalue weighted by Gasteiger charge is 2.19. The van der Waals surface area contributed by atoms with Crippen LogP contribution in [0.2, 0.25) is 0 Å². The van der Waals surface area contributed by atoms with E-state index in [1.807, 2.05) is 10.9 Å². The predicted molar refractivity (Wildman–Crippen MR) is 156 cm³/mol. The summed E-state index contributed by atoms with van der Waals surface area (Å²) < 4.78 is 7.72. The highest BCUT2D eigenvalue weighted by atomic mass is 16.5. The first-order valence-corrected chi connectivity index (χ1v) is 13.2. The number of nitrogens with zero attached hydrogens (tertiary/aromatic N) is 4. The Morgan fingerprint density at radius 3 is 2.50 bits per heavy atom. The van der Waals surface area contributed by atoms with Crippen LogP contribution in [0.5, 0.6) is 11.5 Å². The van der Waals surface area contributed by atoms with Gasteiger partial charge in [-0.05, 0) is 74.8 Å². The van der Waals surface area contributed by atoms with Gasteiger partial charge in [0.05, 0.1) is 5.69 Å². The summed E-state index contributed by atoms with van der Waals surface area (Å²) in [5.41, 5.74) is 5.61. The zero-order valence-corrected chi connectivity index (χ0v) is 23.1. The first kappa shape index (κ1) is 26.9. The summed E-state index contributed by atoms with van der Waals surface area (Å²) in [6, 6.07) is 16.5. The number of carbonyl (C=O) groups is 2. The third-order valence-electron chi connectivity index (χ3n) is 6.58. The summed E-state index contributed by atoms with van der Waals surface area (Å²) in [6.07, 6.45) is 4.45. The lowest BCUT2D eigenvalue weighted by Gasteiger charge is -2.25. The highest BCUT2D eigenvalue weighted by Crippen LogP contribution is 2.31. The van der Waals surface area contributed by atoms with Crippen molar-refractivity contribution in [3.05, 3.63) is 78.1 Å². The van der Waals surface area contributed by atoms with Crippen molar-refractivity contribution < 1.29 is 14.3 Å². The van der Waals surface area contributed by atoms with Gasteiger partial charge in [0.25, 0.3) is 0 Å². The molecule has 3 heterocycles. The maximum absolute atomic E-state index is 13.0. The summed E-state index contributed by atoms with van der Waals surface area (Å²) in [7, 11) is 2.13. The number of likely N-dealkylation sites (N-methyl/N-ethyl adjacent to an activating group) is 1. The van der Waals surface area contributed by atoms with Crippen LogP contribution in [0.3, 0.4) is 0 Å². The number of urea groups is 1. The molecule has 0 fully saturated rings. The van der Waals surface area contributed by atoms with Crippen molar-refractivity contribution in [2.75, 3.05) is 29.5 Å². The number of carbonyl (C=O) groups excluding carboxylic acids is 2. The molecule has 0 saturated heterocycles. The van der Waals surface area contributed by atoms with Crippen molar-refractivity contribution in [2.45, 2.75) is 39.8 Å².